The number of ether oxygens (including phenoxy) is 1. The van der Waals surface area contributed by atoms with Crippen molar-refractivity contribution in [3.63, 3.8) is 0 Å². The van der Waals surface area contributed by atoms with Gasteiger partial charge in [0.25, 0.3) is 0 Å². The molecule has 0 aromatic heterocycles. The van der Waals surface area contributed by atoms with Gasteiger partial charge in [-0.05, 0) is 66.1 Å². The first kappa shape index (κ1) is 14.8. The van der Waals surface area contributed by atoms with Crippen molar-refractivity contribution in [2.75, 3.05) is 26.7 Å². The minimum atomic E-state index is 0.715. The molecule has 0 unspecified atom stereocenters. The van der Waals surface area contributed by atoms with Crippen LogP contribution in [-0.4, -0.2) is 37.7 Å². The molecule has 1 aromatic carbocycles. The summed E-state index contributed by atoms with van der Waals surface area (Å²) in [6.07, 6.45) is 2.51. The Hall–Kier alpha value is -0.580. The fourth-order valence-electron chi connectivity index (χ4n) is 2.71. The second-order valence-corrected chi connectivity index (χ2v) is 5.87. The summed E-state index contributed by atoms with van der Waals surface area (Å²) < 4.78 is 6.31. The van der Waals surface area contributed by atoms with E-state index in [4.69, 9.17) is 4.74 Å². The van der Waals surface area contributed by atoms with E-state index in [9.17, 15) is 0 Å². The first-order valence-electron chi connectivity index (χ1n) is 7.01. The van der Waals surface area contributed by atoms with Gasteiger partial charge in [-0.15, -0.1) is 0 Å². The Kier molecular flexibility index (Phi) is 5.67. The number of methoxy groups -OCH3 is 1. The molecular weight excluding hydrogens is 304 g/mol. The Morgan fingerprint density at radius 3 is 2.68 bits per heavy atom. The standard InChI is InChI=1S/C15H23BrN2O/c1-3-18(13-6-8-17-9-7-13)11-12-4-5-15(19-2)14(16)10-12/h4-5,10,13,17H,3,6-9,11H2,1-2H3. The Bertz CT molecular complexity index is 405. The number of hydrogen-bond donors (Lipinski definition) is 1. The monoisotopic (exact) mass is 326 g/mol. The molecule has 4 heteroatoms. The minimum absolute atomic E-state index is 0.715. The Balaban J connectivity index is 2.03. The van der Waals surface area contributed by atoms with E-state index in [0.717, 1.165) is 36.4 Å². The molecule has 0 amide bonds. The van der Waals surface area contributed by atoms with Crippen molar-refractivity contribution in [2.24, 2.45) is 0 Å². The smallest absolute Gasteiger partial charge is 0.133 e. The quantitative estimate of drug-likeness (QED) is 0.900. The lowest BCUT2D eigenvalue weighted by atomic mass is 10.0. The molecule has 0 spiro atoms. The summed E-state index contributed by atoms with van der Waals surface area (Å²) >= 11 is 3.56. The molecule has 1 heterocycles. The van der Waals surface area contributed by atoms with E-state index in [1.54, 1.807) is 7.11 Å². The molecule has 0 radical (unpaired) electrons. The molecule has 0 aliphatic carbocycles. The highest BCUT2D eigenvalue weighted by molar-refractivity contribution is 9.10. The average molecular weight is 327 g/mol. The predicted octanol–water partition coefficient (Wildman–Crippen LogP) is 3.03. The van der Waals surface area contributed by atoms with Crippen molar-refractivity contribution >= 4 is 15.9 Å². The van der Waals surface area contributed by atoms with Crippen LogP contribution >= 0.6 is 15.9 Å². The van der Waals surface area contributed by atoms with Crippen LogP contribution in [0.5, 0.6) is 5.75 Å². The van der Waals surface area contributed by atoms with Gasteiger partial charge in [0.1, 0.15) is 5.75 Å². The third-order valence-corrected chi connectivity index (χ3v) is 4.45. The molecule has 1 aliphatic rings. The fourth-order valence-corrected chi connectivity index (χ4v) is 3.30. The van der Waals surface area contributed by atoms with E-state index in [0.29, 0.717) is 6.04 Å². The molecule has 19 heavy (non-hydrogen) atoms. The number of piperidine rings is 1. The van der Waals surface area contributed by atoms with Crippen molar-refractivity contribution in [1.82, 2.24) is 10.2 Å². The maximum absolute atomic E-state index is 5.28. The number of benzene rings is 1. The summed E-state index contributed by atoms with van der Waals surface area (Å²) in [7, 11) is 1.70. The van der Waals surface area contributed by atoms with Gasteiger partial charge < -0.3 is 10.1 Å². The van der Waals surface area contributed by atoms with E-state index in [-0.39, 0.29) is 0 Å². The normalized spacial score (nSPS) is 16.8. The molecule has 1 saturated heterocycles. The lowest BCUT2D eigenvalue weighted by Gasteiger charge is -2.34. The van der Waals surface area contributed by atoms with Gasteiger partial charge >= 0.3 is 0 Å². The number of nitrogens with one attached hydrogen (secondary N) is 1. The van der Waals surface area contributed by atoms with Crippen LogP contribution in [0, 0.1) is 0 Å². The van der Waals surface area contributed by atoms with E-state index < -0.39 is 0 Å². The molecule has 0 bridgehead atoms. The van der Waals surface area contributed by atoms with E-state index in [1.165, 1.54) is 18.4 Å². The SMILES string of the molecule is CCN(Cc1ccc(OC)c(Br)c1)C1CCNCC1. The maximum atomic E-state index is 5.28. The molecule has 1 N–H and O–H groups in total. The van der Waals surface area contributed by atoms with Crippen LogP contribution in [0.2, 0.25) is 0 Å². The summed E-state index contributed by atoms with van der Waals surface area (Å²) in [6, 6.07) is 7.08. The third kappa shape index (κ3) is 3.94. The van der Waals surface area contributed by atoms with E-state index in [1.807, 2.05) is 6.07 Å². The lowest BCUT2D eigenvalue weighted by molar-refractivity contribution is 0.162. The van der Waals surface area contributed by atoms with Crippen molar-refractivity contribution in [2.45, 2.75) is 32.4 Å². The zero-order chi connectivity index (χ0) is 13.7. The average Bonchev–Trinajstić information content (AvgIpc) is 2.46. The van der Waals surface area contributed by atoms with Gasteiger partial charge in [-0.3, -0.25) is 4.90 Å². The van der Waals surface area contributed by atoms with Crippen LogP contribution in [0.4, 0.5) is 0 Å². The molecule has 1 aromatic rings. The van der Waals surface area contributed by atoms with E-state index >= 15 is 0 Å². The molecular formula is C15H23BrN2O. The number of nitrogens with zero attached hydrogens (tertiary/aromatic N) is 1. The summed E-state index contributed by atoms with van der Waals surface area (Å²) in [6.45, 7) is 6.67. The van der Waals surface area contributed by atoms with Crippen LogP contribution in [0.15, 0.2) is 22.7 Å². The minimum Gasteiger partial charge on any atom is -0.496 e. The predicted molar refractivity (Wildman–Crippen MR) is 82.7 cm³/mol. The van der Waals surface area contributed by atoms with Crippen LogP contribution in [0.1, 0.15) is 25.3 Å². The molecule has 1 fully saturated rings. The summed E-state index contributed by atoms with van der Waals surface area (Å²) in [5.41, 5.74) is 1.34. The molecule has 0 atom stereocenters. The summed E-state index contributed by atoms with van der Waals surface area (Å²) in [5, 5.41) is 3.43. The molecule has 0 saturated carbocycles. The number of rotatable bonds is 5. The molecule has 3 nitrogen and oxygen atoms in total. The third-order valence-electron chi connectivity index (χ3n) is 3.83. The Labute approximate surface area is 124 Å². The topological polar surface area (TPSA) is 24.5 Å². The molecule has 1 aliphatic heterocycles. The van der Waals surface area contributed by atoms with Crippen molar-refractivity contribution in [3.05, 3.63) is 28.2 Å². The second kappa shape index (κ2) is 7.27. The van der Waals surface area contributed by atoms with Gasteiger partial charge in [0.2, 0.25) is 0 Å². The highest BCUT2D eigenvalue weighted by Gasteiger charge is 2.19. The molecule has 106 valence electrons. The van der Waals surface area contributed by atoms with Crippen molar-refractivity contribution in [1.29, 1.82) is 0 Å². The first-order chi connectivity index (χ1) is 9.24. The van der Waals surface area contributed by atoms with Crippen molar-refractivity contribution in [3.8, 4) is 5.75 Å². The van der Waals surface area contributed by atoms with Crippen LogP contribution in [0.3, 0.4) is 0 Å². The lowest BCUT2D eigenvalue weighted by Crippen LogP contribution is -2.42. The van der Waals surface area contributed by atoms with E-state index in [2.05, 4.69) is 45.2 Å². The first-order valence-corrected chi connectivity index (χ1v) is 7.81. The fraction of sp³-hybridized carbons (Fsp3) is 0.600. The Morgan fingerprint density at radius 2 is 2.11 bits per heavy atom. The van der Waals surface area contributed by atoms with Gasteiger partial charge in [-0.2, -0.15) is 0 Å². The van der Waals surface area contributed by atoms with Gasteiger partial charge in [-0.25, -0.2) is 0 Å². The number of hydrogen-bond acceptors (Lipinski definition) is 3. The summed E-state index contributed by atoms with van der Waals surface area (Å²) in [5.74, 6) is 0.897. The summed E-state index contributed by atoms with van der Waals surface area (Å²) in [4.78, 5) is 2.58. The van der Waals surface area contributed by atoms with Crippen molar-refractivity contribution < 1.29 is 4.74 Å². The zero-order valence-corrected chi connectivity index (χ0v) is 13.4. The van der Waals surface area contributed by atoms with Gasteiger partial charge in [0.15, 0.2) is 0 Å². The van der Waals surface area contributed by atoms with Gasteiger partial charge in [0.05, 0.1) is 11.6 Å². The highest BCUT2D eigenvalue weighted by Crippen LogP contribution is 2.26. The van der Waals surface area contributed by atoms with Gasteiger partial charge in [0, 0.05) is 12.6 Å². The highest BCUT2D eigenvalue weighted by atomic mass is 79.9. The number of halogens is 1. The van der Waals surface area contributed by atoms with Crippen LogP contribution < -0.4 is 10.1 Å². The largest absolute Gasteiger partial charge is 0.496 e. The van der Waals surface area contributed by atoms with Crippen LogP contribution in [-0.2, 0) is 6.54 Å². The second-order valence-electron chi connectivity index (χ2n) is 5.01. The molecule has 2 rings (SSSR count). The zero-order valence-electron chi connectivity index (χ0n) is 11.8. The van der Waals surface area contributed by atoms with Gasteiger partial charge in [-0.1, -0.05) is 13.0 Å². The van der Waals surface area contributed by atoms with Crippen LogP contribution in [0.25, 0.3) is 0 Å². The maximum Gasteiger partial charge on any atom is 0.133 e. The Morgan fingerprint density at radius 1 is 1.37 bits per heavy atom.